The largest absolute Gasteiger partial charge is 0.355 e. The van der Waals surface area contributed by atoms with Gasteiger partial charge < -0.3 is 10.6 Å². The Balaban J connectivity index is 2.11. The molecule has 0 bridgehead atoms. The van der Waals surface area contributed by atoms with E-state index in [-0.39, 0.29) is 5.91 Å². The zero-order chi connectivity index (χ0) is 13.0. The molecule has 0 heterocycles. The average Bonchev–Trinajstić information content (AvgIpc) is 2.34. The topological polar surface area (TPSA) is 41.1 Å². The molecule has 0 aliphatic carbocycles. The molecule has 2 aromatic rings. The van der Waals surface area contributed by atoms with Crippen LogP contribution in [-0.2, 0) is 4.79 Å². The van der Waals surface area contributed by atoms with Gasteiger partial charge in [0.25, 0.3) is 0 Å². The number of halogens is 1. The number of para-hydroxylation sites is 1. The molecule has 0 atom stereocenters. The number of hydrogen-bond donors (Lipinski definition) is 2. The highest BCUT2D eigenvalue weighted by molar-refractivity contribution is 9.10. The van der Waals surface area contributed by atoms with E-state index in [1.807, 2.05) is 48.5 Å². The van der Waals surface area contributed by atoms with Crippen LogP contribution >= 0.6 is 15.9 Å². The lowest BCUT2D eigenvalue weighted by Gasteiger charge is -2.09. The maximum absolute atomic E-state index is 10.9. The molecule has 4 heteroatoms. The lowest BCUT2D eigenvalue weighted by atomic mass is 10.2. The van der Waals surface area contributed by atoms with Crippen molar-refractivity contribution >= 4 is 38.9 Å². The normalized spacial score (nSPS) is 9.89. The first kappa shape index (κ1) is 12.6. The van der Waals surface area contributed by atoms with Crippen LogP contribution < -0.4 is 10.6 Å². The molecule has 0 fully saturated rings. The molecule has 18 heavy (non-hydrogen) atoms. The van der Waals surface area contributed by atoms with Crippen molar-refractivity contribution in [3.63, 3.8) is 0 Å². The first-order valence-corrected chi connectivity index (χ1v) is 6.33. The molecule has 0 radical (unpaired) electrons. The number of carbonyl (C=O) groups excluding carboxylic acids is 1. The van der Waals surface area contributed by atoms with Crippen LogP contribution in [0.2, 0.25) is 0 Å². The van der Waals surface area contributed by atoms with Gasteiger partial charge in [0.1, 0.15) is 0 Å². The Morgan fingerprint density at radius 3 is 2.22 bits per heavy atom. The van der Waals surface area contributed by atoms with E-state index >= 15 is 0 Å². The summed E-state index contributed by atoms with van der Waals surface area (Å²) < 4.78 is 1.01. The van der Waals surface area contributed by atoms with Crippen LogP contribution in [0, 0.1) is 0 Å². The molecule has 2 rings (SSSR count). The molecular weight excluding hydrogens is 292 g/mol. The van der Waals surface area contributed by atoms with Crippen LogP contribution in [0.4, 0.5) is 17.1 Å². The first-order valence-electron chi connectivity index (χ1n) is 5.54. The zero-order valence-electron chi connectivity index (χ0n) is 9.91. The van der Waals surface area contributed by atoms with E-state index in [1.165, 1.54) is 6.92 Å². The summed E-state index contributed by atoms with van der Waals surface area (Å²) in [5.74, 6) is -0.0680. The standard InChI is InChI=1S/C14H13BrN2O/c1-10(18)16-11-6-8-12(9-7-11)17-14-5-3-2-4-13(14)15/h2-9,17H,1H3,(H,16,18). The number of anilines is 3. The first-order chi connectivity index (χ1) is 8.65. The van der Waals surface area contributed by atoms with E-state index < -0.39 is 0 Å². The van der Waals surface area contributed by atoms with E-state index in [0.717, 1.165) is 21.5 Å². The summed E-state index contributed by atoms with van der Waals surface area (Å²) in [4.78, 5) is 10.9. The molecule has 0 saturated heterocycles. The van der Waals surface area contributed by atoms with Gasteiger partial charge in [-0.3, -0.25) is 4.79 Å². The third-order valence-corrected chi connectivity index (χ3v) is 3.05. The Kier molecular flexibility index (Phi) is 3.99. The minimum atomic E-state index is -0.0680. The molecule has 3 nitrogen and oxygen atoms in total. The lowest BCUT2D eigenvalue weighted by molar-refractivity contribution is -0.114. The Morgan fingerprint density at radius 1 is 1.00 bits per heavy atom. The summed E-state index contributed by atoms with van der Waals surface area (Å²) >= 11 is 3.48. The van der Waals surface area contributed by atoms with Crippen LogP contribution in [0.3, 0.4) is 0 Å². The molecule has 0 spiro atoms. The highest BCUT2D eigenvalue weighted by Gasteiger charge is 1.99. The van der Waals surface area contributed by atoms with Crippen LogP contribution in [0.25, 0.3) is 0 Å². The molecule has 2 N–H and O–H groups in total. The van der Waals surface area contributed by atoms with Crippen LogP contribution in [0.15, 0.2) is 53.0 Å². The maximum atomic E-state index is 10.9. The molecule has 0 aromatic heterocycles. The summed E-state index contributed by atoms with van der Waals surface area (Å²) in [5, 5.41) is 6.02. The van der Waals surface area contributed by atoms with Crippen molar-refractivity contribution in [2.45, 2.75) is 6.92 Å². The second-order valence-corrected chi connectivity index (χ2v) is 4.72. The number of rotatable bonds is 3. The summed E-state index contributed by atoms with van der Waals surface area (Å²) in [6.07, 6.45) is 0. The molecule has 0 unspecified atom stereocenters. The molecule has 0 aliphatic rings. The Labute approximate surface area is 114 Å². The van der Waals surface area contributed by atoms with Gasteiger partial charge in [-0.15, -0.1) is 0 Å². The number of carbonyl (C=O) groups is 1. The smallest absolute Gasteiger partial charge is 0.221 e. The Hall–Kier alpha value is -1.81. The van der Waals surface area contributed by atoms with Gasteiger partial charge in [-0.05, 0) is 52.3 Å². The van der Waals surface area contributed by atoms with Gasteiger partial charge >= 0.3 is 0 Å². The van der Waals surface area contributed by atoms with Crippen LogP contribution in [0.1, 0.15) is 6.92 Å². The van der Waals surface area contributed by atoms with E-state index in [2.05, 4.69) is 26.6 Å². The molecule has 1 amide bonds. The summed E-state index contributed by atoms with van der Waals surface area (Å²) in [7, 11) is 0. The fraction of sp³-hybridized carbons (Fsp3) is 0.0714. The second kappa shape index (κ2) is 5.69. The van der Waals surface area contributed by atoms with Gasteiger partial charge in [-0.25, -0.2) is 0 Å². The molecule has 0 saturated carbocycles. The quantitative estimate of drug-likeness (QED) is 0.894. The van der Waals surface area contributed by atoms with Crippen LogP contribution in [-0.4, -0.2) is 5.91 Å². The molecular formula is C14H13BrN2O. The number of amides is 1. The predicted octanol–water partition coefficient (Wildman–Crippen LogP) is 4.15. The fourth-order valence-corrected chi connectivity index (χ4v) is 1.94. The SMILES string of the molecule is CC(=O)Nc1ccc(Nc2ccccc2Br)cc1. The van der Waals surface area contributed by atoms with Gasteiger partial charge in [0.2, 0.25) is 5.91 Å². The minimum absolute atomic E-state index is 0.0680. The molecule has 0 aliphatic heterocycles. The fourth-order valence-electron chi connectivity index (χ4n) is 1.56. The van der Waals surface area contributed by atoms with Crippen molar-refractivity contribution in [2.24, 2.45) is 0 Å². The van der Waals surface area contributed by atoms with Crippen molar-refractivity contribution in [3.05, 3.63) is 53.0 Å². The van der Waals surface area contributed by atoms with Gasteiger partial charge in [0, 0.05) is 22.8 Å². The van der Waals surface area contributed by atoms with E-state index in [0.29, 0.717) is 0 Å². The third kappa shape index (κ3) is 3.34. The number of hydrogen-bond acceptors (Lipinski definition) is 2. The van der Waals surface area contributed by atoms with E-state index in [4.69, 9.17) is 0 Å². The summed E-state index contributed by atoms with van der Waals surface area (Å²) in [6.45, 7) is 1.49. The lowest BCUT2D eigenvalue weighted by Crippen LogP contribution is -2.05. The Morgan fingerprint density at radius 2 is 1.61 bits per heavy atom. The van der Waals surface area contributed by atoms with Crippen molar-refractivity contribution in [1.29, 1.82) is 0 Å². The summed E-state index contributed by atoms with van der Waals surface area (Å²) in [6, 6.07) is 15.5. The van der Waals surface area contributed by atoms with E-state index in [1.54, 1.807) is 0 Å². The van der Waals surface area contributed by atoms with E-state index in [9.17, 15) is 4.79 Å². The van der Waals surface area contributed by atoms with Crippen LogP contribution in [0.5, 0.6) is 0 Å². The van der Waals surface area contributed by atoms with Gasteiger partial charge in [0.15, 0.2) is 0 Å². The monoisotopic (exact) mass is 304 g/mol. The molecule has 2 aromatic carbocycles. The van der Waals surface area contributed by atoms with Gasteiger partial charge in [-0.1, -0.05) is 12.1 Å². The number of nitrogens with one attached hydrogen (secondary N) is 2. The highest BCUT2D eigenvalue weighted by Crippen LogP contribution is 2.25. The van der Waals surface area contributed by atoms with Crippen molar-refractivity contribution in [1.82, 2.24) is 0 Å². The molecule has 92 valence electrons. The van der Waals surface area contributed by atoms with Gasteiger partial charge in [-0.2, -0.15) is 0 Å². The van der Waals surface area contributed by atoms with Crippen molar-refractivity contribution < 1.29 is 4.79 Å². The van der Waals surface area contributed by atoms with Crippen molar-refractivity contribution in [3.8, 4) is 0 Å². The summed E-state index contributed by atoms with van der Waals surface area (Å²) in [5.41, 5.74) is 2.76. The average molecular weight is 305 g/mol. The maximum Gasteiger partial charge on any atom is 0.221 e. The number of benzene rings is 2. The zero-order valence-corrected chi connectivity index (χ0v) is 11.5. The van der Waals surface area contributed by atoms with Gasteiger partial charge in [0.05, 0.1) is 5.69 Å². The Bertz CT molecular complexity index is 552. The predicted molar refractivity (Wildman–Crippen MR) is 78.2 cm³/mol. The minimum Gasteiger partial charge on any atom is -0.355 e. The third-order valence-electron chi connectivity index (χ3n) is 2.36. The van der Waals surface area contributed by atoms with Crippen molar-refractivity contribution in [2.75, 3.05) is 10.6 Å². The second-order valence-electron chi connectivity index (χ2n) is 3.86. The highest BCUT2D eigenvalue weighted by atomic mass is 79.9.